The summed E-state index contributed by atoms with van der Waals surface area (Å²) in [6.45, 7) is 4.79. The molecule has 0 radical (unpaired) electrons. The molecule has 1 aliphatic heterocycles. The number of hydrogen-bond acceptors (Lipinski definition) is 6. The lowest BCUT2D eigenvalue weighted by Gasteiger charge is -2.35. The minimum Gasteiger partial charge on any atom is -0.461 e. The van der Waals surface area contributed by atoms with Crippen molar-refractivity contribution in [1.82, 2.24) is 13.6 Å². The van der Waals surface area contributed by atoms with E-state index in [2.05, 4.69) is 73.1 Å². The zero-order valence-corrected chi connectivity index (χ0v) is 18.7. The van der Waals surface area contributed by atoms with Crippen molar-refractivity contribution in [2.45, 2.75) is 12.6 Å². The molecule has 1 saturated heterocycles. The highest BCUT2D eigenvalue weighted by atomic mass is 32.1. The monoisotopic (exact) mass is 442 g/mol. The third-order valence-electron chi connectivity index (χ3n) is 5.80. The number of anilines is 1. The van der Waals surface area contributed by atoms with Gasteiger partial charge < -0.3 is 9.64 Å². The van der Waals surface area contributed by atoms with Crippen LogP contribution < -0.4 is 9.64 Å². The van der Waals surface area contributed by atoms with Gasteiger partial charge in [-0.2, -0.15) is 4.37 Å². The molecule has 0 saturated carbocycles. The summed E-state index contributed by atoms with van der Waals surface area (Å²) >= 11 is 1.22. The van der Waals surface area contributed by atoms with Gasteiger partial charge in [0.2, 0.25) is 5.82 Å². The Kier molecular flexibility index (Phi) is 6.42. The van der Waals surface area contributed by atoms with Crippen molar-refractivity contribution in [1.29, 1.82) is 0 Å². The Morgan fingerprint density at radius 2 is 1.28 bits per heavy atom. The summed E-state index contributed by atoms with van der Waals surface area (Å²) in [6, 6.07) is 31.3. The van der Waals surface area contributed by atoms with Crippen molar-refractivity contribution in [3.05, 3.63) is 108 Å². The maximum atomic E-state index is 6.51. The highest BCUT2D eigenvalue weighted by Crippen LogP contribution is 2.33. The lowest BCUT2D eigenvalue weighted by Crippen LogP contribution is -2.46. The molecule has 5 nitrogen and oxygen atoms in total. The first-order valence-corrected chi connectivity index (χ1v) is 11.7. The van der Waals surface area contributed by atoms with Gasteiger partial charge in [-0.1, -0.05) is 91.0 Å². The first-order chi connectivity index (χ1) is 15.9. The van der Waals surface area contributed by atoms with Gasteiger partial charge in [-0.25, -0.2) is 0 Å². The molecule has 0 atom stereocenters. The number of nitrogens with zero attached hydrogens (tertiary/aromatic N) is 4. The van der Waals surface area contributed by atoms with E-state index in [-0.39, 0.29) is 6.10 Å². The third kappa shape index (κ3) is 4.82. The quantitative estimate of drug-likeness (QED) is 0.402. The van der Waals surface area contributed by atoms with E-state index in [4.69, 9.17) is 4.74 Å². The van der Waals surface area contributed by atoms with E-state index in [1.807, 2.05) is 36.4 Å². The summed E-state index contributed by atoms with van der Waals surface area (Å²) < 4.78 is 15.6. The van der Waals surface area contributed by atoms with Crippen molar-refractivity contribution in [3.63, 3.8) is 0 Å². The van der Waals surface area contributed by atoms with E-state index >= 15 is 0 Å². The Labute approximate surface area is 193 Å². The number of benzene rings is 3. The molecule has 2 heterocycles. The summed E-state index contributed by atoms with van der Waals surface area (Å²) in [4.78, 5) is 4.79. The molecule has 3 aromatic carbocycles. The molecule has 162 valence electrons. The molecular formula is C26H26N4OS. The number of rotatable bonds is 7. The van der Waals surface area contributed by atoms with Crippen LogP contribution in [0.3, 0.4) is 0 Å². The Morgan fingerprint density at radius 1 is 0.719 bits per heavy atom. The molecule has 0 unspecified atom stereocenters. The van der Waals surface area contributed by atoms with Crippen molar-refractivity contribution in [2.75, 3.05) is 31.1 Å². The number of hydrogen-bond donors (Lipinski definition) is 0. The van der Waals surface area contributed by atoms with Gasteiger partial charge in [-0.15, -0.1) is 4.37 Å². The van der Waals surface area contributed by atoms with Crippen LogP contribution in [0.25, 0.3) is 0 Å². The van der Waals surface area contributed by atoms with Crippen LogP contribution in [0.2, 0.25) is 0 Å². The zero-order valence-electron chi connectivity index (χ0n) is 17.9. The molecule has 0 amide bonds. The second-order valence-corrected chi connectivity index (χ2v) is 8.49. The number of piperazine rings is 1. The van der Waals surface area contributed by atoms with Crippen LogP contribution in [-0.4, -0.2) is 39.8 Å². The van der Waals surface area contributed by atoms with E-state index in [0.717, 1.165) is 49.7 Å². The fraction of sp³-hybridized carbons (Fsp3) is 0.231. The minimum absolute atomic E-state index is 0.223. The summed E-state index contributed by atoms with van der Waals surface area (Å²) in [5.41, 5.74) is 3.56. The van der Waals surface area contributed by atoms with Crippen LogP contribution in [0.5, 0.6) is 5.88 Å². The van der Waals surface area contributed by atoms with Crippen LogP contribution in [0.15, 0.2) is 91.0 Å². The van der Waals surface area contributed by atoms with Crippen molar-refractivity contribution in [2.24, 2.45) is 0 Å². The number of ether oxygens (including phenoxy) is 1. The van der Waals surface area contributed by atoms with E-state index in [9.17, 15) is 0 Å². The largest absolute Gasteiger partial charge is 0.461 e. The van der Waals surface area contributed by atoms with Gasteiger partial charge in [0.15, 0.2) is 6.10 Å². The van der Waals surface area contributed by atoms with E-state index in [0.29, 0.717) is 5.88 Å². The van der Waals surface area contributed by atoms with Crippen LogP contribution >= 0.6 is 11.7 Å². The predicted molar refractivity (Wildman–Crippen MR) is 129 cm³/mol. The Balaban J connectivity index is 1.30. The second-order valence-electron chi connectivity index (χ2n) is 7.96. The Bertz CT molecular complexity index is 1060. The molecule has 4 aromatic rings. The molecule has 0 bridgehead atoms. The normalized spacial score (nSPS) is 14.6. The van der Waals surface area contributed by atoms with Gasteiger partial charge >= 0.3 is 0 Å². The lowest BCUT2D eigenvalue weighted by molar-refractivity contribution is 0.232. The molecule has 5 rings (SSSR count). The van der Waals surface area contributed by atoms with Gasteiger partial charge in [0, 0.05) is 32.7 Å². The molecule has 6 heteroatoms. The highest BCUT2D eigenvalue weighted by molar-refractivity contribution is 6.99. The topological polar surface area (TPSA) is 41.5 Å². The van der Waals surface area contributed by atoms with Crippen LogP contribution in [0.4, 0.5) is 5.82 Å². The van der Waals surface area contributed by atoms with Crippen molar-refractivity contribution < 1.29 is 4.74 Å². The summed E-state index contributed by atoms with van der Waals surface area (Å²) in [5.74, 6) is 1.47. The maximum absolute atomic E-state index is 6.51. The molecular weight excluding hydrogens is 416 g/mol. The van der Waals surface area contributed by atoms with E-state index < -0.39 is 0 Å². The fourth-order valence-corrected chi connectivity index (χ4v) is 4.61. The van der Waals surface area contributed by atoms with Gasteiger partial charge in [0.25, 0.3) is 5.88 Å². The zero-order chi connectivity index (χ0) is 21.6. The first kappa shape index (κ1) is 20.7. The summed E-state index contributed by atoms with van der Waals surface area (Å²) in [7, 11) is 0. The summed E-state index contributed by atoms with van der Waals surface area (Å²) in [5, 5.41) is 0. The molecule has 32 heavy (non-hydrogen) atoms. The van der Waals surface area contributed by atoms with E-state index in [1.165, 1.54) is 17.3 Å². The van der Waals surface area contributed by atoms with E-state index in [1.54, 1.807) is 0 Å². The highest BCUT2D eigenvalue weighted by Gasteiger charge is 2.26. The first-order valence-electron chi connectivity index (χ1n) is 11.0. The average molecular weight is 443 g/mol. The van der Waals surface area contributed by atoms with Crippen molar-refractivity contribution in [3.8, 4) is 5.88 Å². The van der Waals surface area contributed by atoms with Crippen molar-refractivity contribution >= 4 is 17.5 Å². The Hall–Kier alpha value is -3.22. The van der Waals surface area contributed by atoms with Crippen LogP contribution in [-0.2, 0) is 6.54 Å². The molecule has 1 fully saturated rings. The second kappa shape index (κ2) is 9.94. The Morgan fingerprint density at radius 3 is 1.88 bits per heavy atom. The molecule has 1 aliphatic rings. The lowest BCUT2D eigenvalue weighted by atomic mass is 10.0. The predicted octanol–water partition coefficient (Wildman–Crippen LogP) is 5.03. The van der Waals surface area contributed by atoms with Crippen LogP contribution in [0.1, 0.15) is 22.8 Å². The van der Waals surface area contributed by atoms with Gasteiger partial charge in [-0.3, -0.25) is 4.90 Å². The smallest absolute Gasteiger partial charge is 0.271 e. The number of aromatic nitrogens is 2. The standard InChI is InChI=1S/C26H26N4OS/c1-4-10-21(11-5-1)20-29-16-18-30(19-17-29)25-26(28-32-27-25)31-24(22-12-6-2-7-13-22)23-14-8-3-9-15-23/h1-15,24H,16-20H2. The molecule has 0 spiro atoms. The third-order valence-corrected chi connectivity index (χ3v) is 6.30. The average Bonchev–Trinajstić information content (AvgIpc) is 3.33. The summed E-state index contributed by atoms with van der Waals surface area (Å²) in [6.07, 6.45) is -0.223. The van der Waals surface area contributed by atoms with Gasteiger partial charge in [-0.05, 0) is 16.7 Å². The molecule has 0 aliphatic carbocycles. The molecule has 1 aromatic heterocycles. The fourth-order valence-electron chi connectivity index (χ4n) is 4.10. The minimum atomic E-state index is -0.223. The van der Waals surface area contributed by atoms with Crippen LogP contribution in [0, 0.1) is 0 Å². The van der Waals surface area contributed by atoms with Gasteiger partial charge in [0.1, 0.15) is 0 Å². The van der Waals surface area contributed by atoms with Gasteiger partial charge in [0.05, 0.1) is 11.7 Å². The maximum Gasteiger partial charge on any atom is 0.271 e. The SMILES string of the molecule is c1ccc(CN2CCN(c3nsnc3OC(c3ccccc3)c3ccccc3)CC2)cc1. The molecule has 0 N–H and O–H groups in total.